The minimum Gasteiger partial charge on any atom is -0.341 e. The standard InChI is InChI=1S/C21H23FN4/c22-19-8-4-5-17(13-19)15-25-9-11-26(12-10-25)16-20-14-23-21(24-20)18-6-2-1-3-7-18/h1-8,13-14H,9-12,15-16H2,(H,23,24). The normalized spacial score (nSPS) is 16.0. The Morgan fingerprint density at radius 1 is 0.885 bits per heavy atom. The lowest BCUT2D eigenvalue weighted by molar-refractivity contribution is 0.121. The molecule has 2 aromatic carbocycles. The minimum atomic E-state index is -0.158. The highest BCUT2D eigenvalue weighted by molar-refractivity contribution is 5.54. The van der Waals surface area contributed by atoms with Crippen LogP contribution < -0.4 is 0 Å². The molecule has 0 bridgehead atoms. The minimum absolute atomic E-state index is 0.158. The van der Waals surface area contributed by atoms with E-state index in [1.54, 1.807) is 12.1 Å². The van der Waals surface area contributed by atoms with Crippen LogP contribution >= 0.6 is 0 Å². The lowest BCUT2D eigenvalue weighted by Crippen LogP contribution is -2.45. The SMILES string of the molecule is Fc1cccc(CN2CCN(Cc3cnc(-c4ccccc4)[nH]3)CC2)c1. The largest absolute Gasteiger partial charge is 0.341 e. The van der Waals surface area contributed by atoms with Crippen molar-refractivity contribution in [2.75, 3.05) is 26.2 Å². The molecule has 4 nitrogen and oxygen atoms in total. The lowest BCUT2D eigenvalue weighted by Gasteiger charge is -2.34. The second kappa shape index (κ2) is 7.81. The van der Waals surface area contributed by atoms with Crippen molar-refractivity contribution in [3.8, 4) is 11.4 Å². The summed E-state index contributed by atoms with van der Waals surface area (Å²) in [5.74, 6) is 0.764. The molecule has 134 valence electrons. The van der Waals surface area contributed by atoms with Gasteiger partial charge in [-0.05, 0) is 17.7 Å². The molecule has 1 aliphatic heterocycles. The molecule has 0 spiro atoms. The molecule has 0 amide bonds. The zero-order chi connectivity index (χ0) is 17.8. The molecule has 5 heteroatoms. The molecule has 1 fully saturated rings. The van der Waals surface area contributed by atoms with Crippen LogP contribution in [-0.2, 0) is 13.1 Å². The average molecular weight is 350 g/mol. The summed E-state index contributed by atoms with van der Waals surface area (Å²) in [5.41, 5.74) is 3.29. The second-order valence-electron chi connectivity index (χ2n) is 6.81. The Hall–Kier alpha value is -2.50. The highest BCUT2D eigenvalue weighted by atomic mass is 19.1. The van der Waals surface area contributed by atoms with E-state index in [1.807, 2.05) is 30.5 Å². The van der Waals surface area contributed by atoms with E-state index in [4.69, 9.17) is 0 Å². The number of imidazole rings is 1. The van der Waals surface area contributed by atoms with Crippen molar-refractivity contribution in [3.05, 3.63) is 77.9 Å². The molecule has 3 aromatic rings. The molecule has 0 saturated carbocycles. The van der Waals surface area contributed by atoms with Crippen LogP contribution in [0.5, 0.6) is 0 Å². The van der Waals surface area contributed by atoms with Gasteiger partial charge < -0.3 is 4.98 Å². The lowest BCUT2D eigenvalue weighted by atomic mass is 10.2. The van der Waals surface area contributed by atoms with Gasteiger partial charge in [0.25, 0.3) is 0 Å². The molecule has 4 rings (SSSR count). The Morgan fingerprint density at radius 3 is 2.35 bits per heavy atom. The quantitative estimate of drug-likeness (QED) is 0.764. The highest BCUT2D eigenvalue weighted by Gasteiger charge is 2.18. The molecule has 0 aliphatic carbocycles. The number of aromatic amines is 1. The summed E-state index contributed by atoms with van der Waals surface area (Å²) in [6.45, 7) is 5.71. The number of rotatable bonds is 5. The number of benzene rings is 2. The van der Waals surface area contributed by atoms with Crippen LogP contribution in [0.4, 0.5) is 4.39 Å². The van der Waals surface area contributed by atoms with E-state index in [2.05, 4.69) is 31.9 Å². The van der Waals surface area contributed by atoms with E-state index in [1.165, 1.54) is 6.07 Å². The third kappa shape index (κ3) is 4.18. The van der Waals surface area contributed by atoms with Gasteiger partial charge in [0, 0.05) is 56.7 Å². The van der Waals surface area contributed by atoms with Crippen molar-refractivity contribution in [1.29, 1.82) is 0 Å². The number of piperazine rings is 1. The number of nitrogens with one attached hydrogen (secondary N) is 1. The van der Waals surface area contributed by atoms with Gasteiger partial charge in [0.1, 0.15) is 11.6 Å². The van der Waals surface area contributed by atoms with Crippen molar-refractivity contribution < 1.29 is 4.39 Å². The first kappa shape index (κ1) is 16.9. The Labute approximate surface area is 153 Å². The second-order valence-corrected chi connectivity index (χ2v) is 6.81. The van der Waals surface area contributed by atoms with Gasteiger partial charge in [-0.15, -0.1) is 0 Å². The van der Waals surface area contributed by atoms with Gasteiger partial charge in [0.2, 0.25) is 0 Å². The van der Waals surface area contributed by atoms with Gasteiger partial charge >= 0.3 is 0 Å². The van der Waals surface area contributed by atoms with E-state index in [0.717, 1.165) is 61.9 Å². The van der Waals surface area contributed by atoms with Crippen LogP contribution in [0, 0.1) is 5.82 Å². The van der Waals surface area contributed by atoms with Gasteiger partial charge in [0.15, 0.2) is 0 Å². The monoisotopic (exact) mass is 350 g/mol. The summed E-state index contributed by atoms with van der Waals surface area (Å²) < 4.78 is 13.3. The summed E-state index contributed by atoms with van der Waals surface area (Å²) in [6.07, 6.45) is 1.93. The van der Waals surface area contributed by atoms with E-state index in [9.17, 15) is 4.39 Å². The first-order valence-electron chi connectivity index (χ1n) is 9.05. The van der Waals surface area contributed by atoms with E-state index < -0.39 is 0 Å². The molecular formula is C21H23FN4. The van der Waals surface area contributed by atoms with Crippen LogP contribution in [0.15, 0.2) is 60.8 Å². The van der Waals surface area contributed by atoms with Crippen molar-refractivity contribution in [3.63, 3.8) is 0 Å². The predicted octanol–water partition coefficient (Wildman–Crippen LogP) is 3.53. The zero-order valence-electron chi connectivity index (χ0n) is 14.7. The number of aromatic nitrogens is 2. The summed E-state index contributed by atoms with van der Waals surface area (Å²) in [4.78, 5) is 12.7. The first-order valence-corrected chi connectivity index (χ1v) is 9.05. The maximum absolute atomic E-state index is 13.3. The Kier molecular flexibility index (Phi) is 5.09. The number of halogens is 1. The van der Waals surface area contributed by atoms with Crippen LogP contribution in [-0.4, -0.2) is 45.9 Å². The van der Waals surface area contributed by atoms with Gasteiger partial charge in [0.05, 0.1) is 0 Å². The van der Waals surface area contributed by atoms with Gasteiger partial charge in [-0.25, -0.2) is 9.37 Å². The smallest absolute Gasteiger partial charge is 0.137 e. The summed E-state index contributed by atoms with van der Waals surface area (Å²) in [6, 6.07) is 17.1. The van der Waals surface area contributed by atoms with Gasteiger partial charge in [-0.3, -0.25) is 9.80 Å². The van der Waals surface area contributed by atoms with Crippen molar-refractivity contribution in [2.45, 2.75) is 13.1 Å². The predicted molar refractivity (Wildman–Crippen MR) is 101 cm³/mol. The number of hydrogen-bond donors (Lipinski definition) is 1. The molecule has 1 aliphatic rings. The van der Waals surface area contributed by atoms with E-state index >= 15 is 0 Å². The van der Waals surface area contributed by atoms with Crippen LogP contribution in [0.3, 0.4) is 0 Å². The van der Waals surface area contributed by atoms with Gasteiger partial charge in [-0.1, -0.05) is 42.5 Å². The molecule has 0 unspecified atom stereocenters. The molecular weight excluding hydrogens is 327 g/mol. The van der Waals surface area contributed by atoms with Crippen molar-refractivity contribution in [2.24, 2.45) is 0 Å². The summed E-state index contributed by atoms with van der Waals surface area (Å²) >= 11 is 0. The Bertz CT molecular complexity index is 838. The fraction of sp³-hybridized carbons (Fsp3) is 0.286. The van der Waals surface area contributed by atoms with E-state index in [-0.39, 0.29) is 5.82 Å². The maximum atomic E-state index is 13.3. The summed E-state index contributed by atoms with van der Waals surface area (Å²) in [5, 5.41) is 0. The number of hydrogen-bond acceptors (Lipinski definition) is 3. The number of H-pyrrole nitrogens is 1. The molecule has 0 radical (unpaired) electrons. The molecule has 2 heterocycles. The van der Waals surface area contributed by atoms with Crippen LogP contribution in [0.1, 0.15) is 11.3 Å². The molecule has 26 heavy (non-hydrogen) atoms. The third-order valence-corrected chi connectivity index (χ3v) is 4.83. The average Bonchev–Trinajstić information content (AvgIpc) is 3.13. The fourth-order valence-corrected chi connectivity index (χ4v) is 3.42. The Balaban J connectivity index is 1.29. The van der Waals surface area contributed by atoms with Crippen LogP contribution in [0.25, 0.3) is 11.4 Å². The highest BCUT2D eigenvalue weighted by Crippen LogP contribution is 2.16. The number of nitrogens with zero attached hydrogens (tertiary/aromatic N) is 3. The zero-order valence-corrected chi connectivity index (χ0v) is 14.7. The topological polar surface area (TPSA) is 35.2 Å². The maximum Gasteiger partial charge on any atom is 0.137 e. The fourth-order valence-electron chi connectivity index (χ4n) is 3.42. The van der Waals surface area contributed by atoms with Crippen molar-refractivity contribution in [1.82, 2.24) is 19.8 Å². The summed E-state index contributed by atoms with van der Waals surface area (Å²) in [7, 11) is 0. The molecule has 1 saturated heterocycles. The first-order chi connectivity index (χ1) is 12.8. The third-order valence-electron chi connectivity index (χ3n) is 4.83. The molecule has 1 aromatic heterocycles. The molecule has 1 N–H and O–H groups in total. The van der Waals surface area contributed by atoms with Crippen molar-refractivity contribution >= 4 is 0 Å². The Morgan fingerprint density at radius 2 is 1.62 bits per heavy atom. The van der Waals surface area contributed by atoms with E-state index in [0.29, 0.717) is 0 Å². The van der Waals surface area contributed by atoms with Crippen LogP contribution in [0.2, 0.25) is 0 Å². The molecule has 0 atom stereocenters. The van der Waals surface area contributed by atoms with Gasteiger partial charge in [-0.2, -0.15) is 0 Å².